The second kappa shape index (κ2) is 11.1. The van der Waals surface area contributed by atoms with Gasteiger partial charge in [-0.25, -0.2) is 4.39 Å². The summed E-state index contributed by atoms with van der Waals surface area (Å²) in [5, 5.41) is 12.7. The number of carboxylic acids is 1. The zero-order chi connectivity index (χ0) is 26.6. The van der Waals surface area contributed by atoms with Gasteiger partial charge in [0, 0.05) is 24.2 Å². The van der Waals surface area contributed by atoms with Crippen LogP contribution in [-0.4, -0.2) is 34.2 Å². The van der Waals surface area contributed by atoms with E-state index in [1.165, 1.54) is 12.1 Å². The van der Waals surface area contributed by atoms with Gasteiger partial charge in [-0.05, 0) is 79.6 Å². The monoisotopic (exact) mass is 514 g/mol. The van der Waals surface area contributed by atoms with Crippen LogP contribution < -0.4 is 10.1 Å². The SMILES string of the molecule is CCOc1cccc(-c2ccc(Cn3ccc4c(F)ccc(C(=O)NC5CCC(C(=O)O)CC5)c43)cc2)c1. The minimum atomic E-state index is -0.778. The Morgan fingerprint density at radius 1 is 1.00 bits per heavy atom. The maximum Gasteiger partial charge on any atom is 0.306 e. The molecular weight excluding hydrogens is 483 g/mol. The molecule has 2 N–H and O–H groups in total. The molecule has 0 unspecified atom stereocenters. The maximum atomic E-state index is 14.7. The lowest BCUT2D eigenvalue weighted by Gasteiger charge is -2.27. The summed E-state index contributed by atoms with van der Waals surface area (Å²) in [4.78, 5) is 24.5. The number of ether oxygens (including phenoxy) is 1. The van der Waals surface area contributed by atoms with Crippen molar-refractivity contribution in [1.29, 1.82) is 0 Å². The number of carboxylic acid groups (broad SMARTS) is 1. The van der Waals surface area contributed by atoms with E-state index in [0.717, 1.165) is 22.4 Å². The number of carbonyl (C=O) groups excluding carboxylic acids is 1. The molecular formula is C31H31FN2O4. The summed E-state index contributed by atoms with van der Waals surface area (Å²) < 4.78 is 22.2. The van der Waals surface area contributed by atoms with Crippen LogP contribution in [0.4, 0.5) is 4.39 Å². The molecule has 0 bridgehead atoms. The lowest BCUT2D eigenvalue weighted by molar-refractivity contribution is -0.142. The standard InChI is InChI=1S/C31H31FN2O4/c1-2-38-25-5-3-4-23(18-25)21-8-6-20(7-9-21)19-34-17-16-26-28(32)15-14-27(29(26)34)30(35)33-24-12-10-22(11-13-24)31(36)37/h3-9,14-18,22,24H,2,10-13,19H2,1H3,(H,33,35)(H,36,37). The minimum absolute atomic E-state index is 0.0876. The molecule has 1 aromatic heterocycles. The lowest BCUT2D eigenvalue weighted by atomic mass is 9.86. The van der Waals surface area contributed by atoms with E-state index in [9.17, 15) is 19.1 Å². The van der Waals surface area contributed by atoms with Crippen LogP contribution >= 0.6 is 0 Å². The molecule has 196 valence electrons. The summed E-state index contributed by atoms with van der Waals surface area (Å²) in [6, 6.07) is 20.6. The summed E-state index contributed by atoms with van der Waals surface area (Å²) in [6.07, 6.45) is 4.13. The van der Waals surface area contributed by atoms with Gasteiger partial charge >= 0.3 is 5.97 Å². The van der Waals surface area contributed by atoms with Gasteiger partial charge in [-0.2, -0.15) is 0 Å². The molecule has 0 atom stereocenters. The average molecular weight is 515 g/mol. The van der Waals surface area contributed by atoms with Gasteiger partial charge in [0.05, 0.1) is 23.6 Å². The summed E-state index contributed by atoms with van der Waals surface area (Å²) >= 11 is 0. The van der Waals surface area contributed by atoms with Crippen LogP contribution in [0.25, 0.3) is 22.0 Å². The van der Waals surface area contributed by atoms with E-state index in [-0.39, 0.29) is 23.7 Å². The number of aromatic nitrogens is 1. The molecule has 6 nitrogen and oxygen atoms in total. The van der Waals surface area contributed by atoms with Crippen LogP contribution in [-0.2, 0) is 11.3 Å². The fourth-order valence-electron chi connectivity index (χ4n) is 5.28. The molecule has 1 aliphatic rings. The Labute approximate surface area is 221 Å². The van der Waals surface area contributed by atoms with E-state index >= 15 is 0 Å². The van der Waals surface area contributed by atoms with Crippen LogP contribution in [0.2, 0.25) is 0 Å². The lowest BCUT2D eigenvalue weighted by Crippen LogP contribution is -2.38. The molecule has 1 amide bonds. The first-order valence-electron chi connectivity index (χ1n) is 13.1. The minimum Gasteiger partial charge on any atom is -0.494 e. The van der Waals surface area contributed by atoms with Crippen LogP contribution in [0, 0.1) is 11.7 Å². The van der Waals surface area contributed by atoms with Crippen LogP contribution in [0.15, 0.2) is 72.9 Å². The van der Waals surface area contributed by atoms with Crippen LogP contribution in [0.3, 0.4) is 0 Å². The quantitative estimate of drug-likeness (QED) is 0.291. The van der Waals surface area contributed by atoms with Crippen molar-refractivity contribution in [2.45, 2.75) is 45.2 Å². The molecule has 1 aliphatic carbocycles. The van der Waals surface area contributed by atoms with Crippen molar-refractivity contribution < 1.29 is 23.8 Å². The fraction of sp³-hybridized carbons (Fsp3) is 0.290. The highest BCUT2D eigenvalue weighted by atomic mass is 19.1. The summed E-state index contributed by atoms with van der Waals surface area (Å²) in [5.41, 5.74) is 4.12. The van der Waals surface area contributed by atoms with Crippen molar-refractivity contribution >= 4 is 22.8 Å². The van der Waals surface area contributed by atoms with Gasteiger partial charge in [0.1, 0.15) is 11.6 Å². The van der Waals surface area contributed by atoms with E-state index < -0.39 is 5.97 Å². The van der Waals surface area contributed by atoms with Crippen molar-refractivity contribution in [3.63, 3.8) is 0 Å². The highest BCUT2D eigenvalue weighted by Crippen LogP contribution is 2.28. The molecule has 1 saturated carbocycles. The van der Waals surface area contributed by atoms with Gasteiger partial charge in [0.2, 0.25) is 0 Å². The van der Waals surface area contributed by atoms with E-state index in [4.69, 9.17) is 4.74 Å². The molecule has 7 heteroatoms. The number of benzene rings is 3. The van der Waals surface area contributed by atoms with E-state index in [1.54, 1.807) is 6.07 Å². The number of nitrogens with zero attached hydrogens (tertiary/aromatic N) is 1. The first-order chi connectivity index (χ1) is 18.4. The number of amides is 1. The molecule has 0 saturated heterocycles. The number of aliphatic carboxylic acids is 1. The van der Waals surface area contributed by atoms with E-state index in [2.05, 4.69) is 5.32 Å². The predicted molar refractivity (Wildman–Crippen MR) is 145 cm³/mol. The molecule has 1 heterocycles. The Morgan fingerprint density at radius 3 is 2.47 bits per heavy atom. The van der Waals surface area contributed by atoms with Gasteiger partial charge in [0.15, 0.2) is 0 Å². The number of hydrogen-bond donors (Lipinski definition) is 2. The summed E-state index contributed by atoms with van der Waals surface area (Å²) in [7, 11) is 0. The largest absolute Gasteiger partial charge is 0.494 e. The molecule has 0 spiro atoms. The Bertz CT molecular complexity index is 1450. The van der Waals surface area contributed by atoms with E-state index in [1.807, 2.05) is 66.2 Å². The van der Waals surface area contributed by atoms with Crippen molar-refractivity contribution in [2.75, 3.05) is 6.61 Å². The highest BCUT2D eigenvalue weighted by Gasteiger charge is 2.27. The highest BCUT2D eigenvalue weighted by molar-refractivity contribution is 6.06. The van der Waals surface area contributed by atoms with Gasteiger partial charge in [-0.1, -0.05) is 36.4 Å². The normalized spacial score (nSPS) is 17.3. The first-order valence-corrected chi connectivity index (χ1v) is 13.1. The van der Waals surface area contributed by atoms with Crippen molar-refractivity contribution in [3.8, 4) is 16.9 Å². The Balaban J connectivity index is 1.35. The number of halogens is 1. The number of fused-ring (bicyclic) bond motifs is 1. The fourth-order valence-corrected chi connectivity index (χ4v) is 5.28. The molecule has 0 aliphatic heterocycles. The average Bonchev–Trinajstić information content (AvgIpc) is 3.34. The van der Waals surface area contributed by atoms with Crippen molar-refractivity contribution in [1.82, 2.24) is 9.88 Å². The molecule has 1 fully saturated rings. The third-order valence-electron chi connectivity index (χ3n) is 7.31. The molecule has 4 aromatic rings. The first kappa shape index (κ1) is 25.5. The Hall–Kier alpha value is -4.13. The van der Waals surface area contributed by atoms with Gasteiger partial charge in [0.25, 0.3) is 5.91 Å². The van der Waals surface area contributed by atoms with Crippen molar-refractivity contribution in [2.24, 2.45) is 5.92 Å². The molecule has 3 aromatic carbocycles. The van der Waals surface area contributed by atoms with Gasteiger partial charge in [-0.15, -0.1) is 0 Å². The number of rotatable bonds is 8. The second-order valence-electron chi connectivity index (χ2n) is 9.82. The maximum absolute atomic E-state index is 14.7. The van der Waals surface area contributed by atoms with E-state index in [0.29, 0.717) is 55.3 Å². The number of carbonyl (C=O) groups is 2. The predicted octanol–water partition coefficient (Wildman–Crippen LogP) is 6.27. The third kappa shape index (κ3) is 5.42. The second-order valence-corrected chi connectivity index (χ2v) is 9.82. The van der Waals surface area contributed by atoms with Crippen LogP contribution in [0.1, 0.15) is 48.5 Å². The van der Waals surface area contributed by atoms with Gasteiger partial charge < -0.3 is 19.7 Å². The Kier molecular flexibility index (Phi) is 7.45. The van der Waals surface area contributed by atoms with Gasteiger partial charge in [-0.3, -0.25) is 9.59 Å². The number of hydrogen-bond acceptors (Lipinski definition) is 3. The third-order valence-corrected chi connectivity index (χ3v) is 7.31. The van der Waals surface area contributed by atoms with Crippen molar-refractivity contribution in [3.05, 3.63) is 89.9 Å². The molecule has 5 rings (SSSR count). The smallest absolute Gasteiger partial charge is 0.306 e. The van der Waals surface area contributed by atoms with Crippen LogP contribution in [0.5, 0.6) is 5.75 Å². The zero-order valence-corrected chi connectivity index (χ0v) is 21.3. The summed E-state index contributed by atoms with van der Waals surface area (Å²) in [6.45, 7) is 3.05. The zero-order valence-electron chi connectivity index (χ0n) is 21.3. The summed E-state index contributed by atoms with van der Waals surface area (Å²) in [5.74, 6) is -0.937. The molecule has 38 heavy (non-hydrogen) atoms. The number of nitrogens with one attached hydrogen (secondary N) is 1. The molecule has 0 radical (unpaired) electrons. The Morgan fingerprint density at radius 2 is 1.76 bits per heavy atom. The topological polar surface area (TPSA) is 80.6 Å².